The second-order valence-corrected chi connectivity index (χ2v) is 16.5. The molecule has 1 aliphatic carbocycles. The van der Waals surface area contributed by atoms with Gasteiger partial charge in [-0.2, -0.15) is 0 Å². The number of aliphatic hydroxyl groups is 4. The van der Waals surface area contributed by atoms with Gasteiger partial charge in [0.25, 0.3) is 0 Å². The van der Waals surface area contributed by atoms with E-state index in [0.29, 0.717) is 12.0 Å². The zero-order valence-corrected chi connectivity index (χ0v) is 37.2. The number of hydrogen-bond acceptors (Lipinski definition) is 13. The Morgan fingerprint density at radius 2 is 1.79 bits per heavy atom. The van der Waals surface area contributed by atoms with E-state index in [1.165, 1.54) is 20.3 Å². The lowest BCUT2D eigenvalue weighted by Crippen LogP contribution is -2.58. The highest BCUT2D eigenvalue weighted by Crippen LogP contribution is 2.41. The SMILES string of the molecule is CC/C=C/C=C/[C@H]1O[C@@](O)([C@@H](C)[C@H](O)[C@H](C)[C@H]2OC(=O)/C(OC)=C\C(C)=C\[C@@H](C)[C@@H](O)[C@H](C)C/C(C)=C/C=C/[C@@H]2OC)C[C@@H](OC(=O)/C=C/C(=O)NC2=C(O)CCC2=O)[C@@H]1C. The molecule has 2 heterocycles. The normalized spacial score (nSPS) is 34.5. The molecule has 0 aromatic rings. The van der Waals surface area contributed by atoms with E-state index >= 15 is 0 Å². The Labute approximate surface area is 360 Å². The predicted octanol–water partition coefficient (Wildman–Crippen LogP) is 5.91. The predicted molar refractivity (Wildman–Crippen MR) is 229 cm³/mol. The third-order valence-corrected chi connectivity index (χ3v) is 11.6. The Kier molecular flexibility index (Phi) is 19.6. The van der Waals surface area contributed by atoms with E-state index in [2.05, 4.69) is 5.32 Å². The molecule has 3 aliphatic rings. The summed E-state index contributed by atoms with van der Waals surface area (Å²) in [7, 11) is 2.79. The zero-order chi connectivity index (χ0) is 45.6. The maximum Gasteiger partial charge on any atom is 0.373 e. The molecule has 3 rings (SSSR count). The van der Waals surface area contributed by atoms with Crippen LogP contribution in [-0.2, 0) is 42.9 Å². The van der Waals surface area contributed by atoms with Gasteiger partial charge in [0.2, 0.25) is 11.7 Å². The van der Waals surface area contributed by atoms with Crippen LogP contribution in [0.1, 0.15) is 87.5 Å². The molecule has 14 heteroatoms. The van der Waals surface area contributed by atoms with Gasteiger partial charge in [0.15, 0.2) is 11.6 Å². The molecule has 5 N–H and O–H groups in total. The number of esters is 2. The van der Waals surface area contributed by atoms with Crippen molar-refractivity contribution in [3.8, 4) is 0 Å². The van der Waals surface area contributed by atoms with Crippen LogP contribution >= 0.6 is 0 Å². The highest BCUT2D eigenvalue weighted by Gasteiger charge is 2.52. The Morgan fingerprint density at radius 3 is 2.41 bits per heavy atom. The van der Waals surface area contributed by atoms with Gasteiger partial charge in [0.05, 0.1) is 25.4 Å². The van der Waals surface area contributed by atoms with Gasteiger partial charge in [-0.3, -0.25) is 9.59 Å². The number of allylic oxidation sites excluding steroid dienone is 10. The maximum atomic E-state index is 13.8. The molecule has 0 spiro atoms. The summed E-state index contributed by atoms with van der Waals surface area (Å²) in [6, 6.07) is 0. The highest BCUT2D eigenvalue weighted by atomic mass is 16.6. The standard InChI is InChI=1S/C47H67NO13/c1-11-12-13-14-17-36-31(6)39(59-41(52)22-21-40(51)48-42-34(49)19-20-35(42)50)26-47(56,61-36)33(8)44(54)32(7)45-37(57-9)18-15-16-27(2)23-29(4)43(53)30(5)24-28(3)25-38(58-10)46(55)60-45/h12-18,21-22,24-25,29-33,36-37,39,43-45,49,53-54,56H,11,19-20,23,26H2,1-10H3,(H,48,51)/b13-12+,17-14+,18-15+,22-21+,27-16+,28-24+,38-25+/t29-,30-,31-,32+,33+,36-,37+,39-,43+,44-,45-,47-/m1/s1. The van der Waals surface area contributed by atoms with Gasteiger partial charge in [-0.1, -0.05) is 101 Å². The number of carbonyl (C=O) groups excluding carboxylic acids is 4. The van der Waals surface area contributed by atoms with Crippen molar-refractivity contribution in [2.45, 2.75) is 130 Å². The van der Waals surface area contributed by atoms with Crippen molar-refractivity contribution < 1.29 is 63.3 Å². The van der Waals surface area contributed by atoms with Crippen LogP contribution in [0.5, 0.6) is 0 Å². The van der Waals surface area contributed by atoms with Crippen molar-refractivity contribution in [1.29, 1.82) is 0 Å². The summed E-state index contributed by atoms with van der Waals surface area (Å²) in [5, 5.41) is 47.6. The van der Waals surface area contributed by atoms with Crippen LogP contribution < -0.4 is 5.32 Å². The first-order chi connectivity index (χ1) is 28.8. The van der Waals surface area contributed by atoms with Gasteiger partial charge in [-0.05, 0) is 38.7 Å². The number of rotatable bonds is 13. The van der Waals surface area contributed by atoms with Gasteiger partial charge in [-0.25, -0.2) is 9.59 Å². The molecule has 14 nitrogen and oxygen atoms in total. The van der Waals surface area contributed by atoms with Crippen LogP contribution in [0.15, 0.2) is 95.2 Å². The number of Topliss-reactive ketones (excluding diaryl/α,β-unsaturated/α-hetero) is 1. The Bertz CT molecular complexity index is 1800. The van der Waals surface area contributed by atoms with Crippen molar-refractivity contribution in [2.24, 2.45) is 29.6 Å². The number of cyclic esters (lactones) is 1. The third-order valence-electron chi connectivity index (χ3n) is 11.6. The average Bonchev–Trinajstić information content (AvgIpc) is 3.53. The average molecular weight is 854 g/mol. The molecule has 338 valence electrons. The van der Waals surface area contributed by atoms with Crippen LogP contribution in [0.2, 0.25) is 0 Å². The second-order valence-electron chi connectivity index (χ2n) is 16.5. The van der Waals surface area contributed by atoms with E-state index in [9.17, 15) is 39.6 Å². The minimum atomic E-state index is -2.10. The van der Waals surface area contributed by atoms with Crippen molar-refractivity contribution in [3.63, 3.8) is 0 Å². The molecular weight excluding hydrogens is 787 g/mol. The summed E-state index contributed by atoms with van der Waals surface area (Å²) in [6.07, 6.45) is 13.2. The summed E-state index contributed by atoms with van der Waals surface area (Å²) in [5.41, 5.74) is 1.46. The highest BCUT2D eigenvalue weighted by molar-refractivity contribution is 6.04. The largest absolute Gasteiger partial charge is 0.510 e. The second kappa shape index (κ2) is 23.6. The first-order valence-corrected chi connectivity index (χ1v) is 21.0. The van der Waals surface area contributed by atoms with Crippen molar-refractivity contribution in [3.05, 3.63) is 95.2 Å². The van der Waals surface area contributed by atoms with E-state index in [1.807, 2.05) is 52.0 Å². The minimum absolute atomic E-state index is 0.0657. The number of hydrogen-bond donors (Lipinski definition) is 5. The number of methoxy groups -OCH3 is 2. The van der Waals surface area contributed by atoms with Gasteiger partial charge < -0.3 is 49.4 Å². The fraction of sp³-hybridized carbons (Fsp3) is 0.574. The molecule has 1 fully saturated rings. The summed E-state index contributed by atoms with van der Waals surface area (Å²) in [4.78, 5) is 51.4. The number of amides is 1. The van der Waals surface area contributed by atoms with E-state index in [4.69, 9.17) is 23.7 Å². The quantitative estimate of drug-likeness (QED) is 0.0831. The summed E-state index contributed by atoms with van der Waals surface area (Å²) in [5.74, 6) is -8.20. The smallest absolute Gasteiger partial charge is 0.373 e. The van der Waals surface area contributed by atoms with Gasteiger partial charge in [-0.15, -0.1) is 0 Å². The molecule has 0 unspecified atom stereocenters. The molecule has 61 heavy (non-hydrogen) atoms. The van der Waals surface area contributed by atoms with Gasteiger partial charge in [0.1, 0.15) is 29.8 Å². The van der Waals surface area contributed by atoms with Crippen LogP contribution in [0.3, 0.4) is 0 Å². The summed E-state index contributed by atoms with van der Waals surface area (Å²) < 4.78 is 29.5. The fourth-order valence-corrected chi connectivity index (χ4v) is 7.81. The van der Waals surface area contributed by atoms with Crippen molar-refractivity contribution in [1.82, 2.24) is 5.32 Å². The minimum Gasteiger partial charge on any atom is -0.510 e. The first kappa shape index (κ1) is 50.8. The van der Waals surface area contributed by atoms with E-state index in [-0.39, 0.29) is 48.3 Å². The molecule has 2 aliphatic heterocycles. The van der Waals surface area contributed by atoms with E-state index in [0.717, 1.165) is 24.1 Å². The number of ether oxygens (including phenoxy) is 5. The first-order valence-electron chi connectivity index (χ1n) is 21.0. The van der Waals surface area contributed by atoms with E-state index < -0.39 is 83.8 Å². The van der Waals surface area contributed by atoms with Gasteiger partial charge in [0, 0.05) is 62.2 Å². The van der Waals surface area contributed by atoms with E-state index in [1.54, 1.807) is 52.0 Å². The number of aliphatic hydroxyl groups excluding tert-OH is 3. The Hall–Kier alpha value is -4.60. The molecule has 0 bridgehead atoms. The molecule has 0 saturated carbocycles. The number of nitrogens with one attached hydrogen (secondary N) is 1. The van der Waals surface area contributed by atoms with Crippen LogP contribution in [0.4, 0.5) is 0 Å². The zero-order valence-electron chi connectivity index (χ0n) is 37.2. The van der Waals surface area contributed by atoms with Crippen molar-refractivity contribution >= 4 is 23.6 Å². The molecule has 1 saturated heterocycles. The number of ketones is 1. The van der Waals surface area contributed by atoms with Crippen LogP contribution in [0, 0.1) is 29.6 Å². The third kappa shape index (κ3) is 14.2. The molecule has 1 amide bonds. The molecule has 0 aromatic heterocycles. The fourth-order valence-electron chi connectivity index (χ4n) is 7.81. The van der Waals surface area contributed by atoms with Gasteiger partial charge >= 0.3 is 11.9 Å². The maximum absolute atomic E-state index is 13.8. The van der Waals surface area contributed by atoms with Crippen LogP contribution in [0.25, 0.3) is 0 Å². The lowest BCUT2D eigenvalue weighted by Gasteiger charge is -2.48. The monoisotopic (exact) mass is 853 g/mol. The summed E-state index contributed by atoms with van der Waals surface area (Å²) >= 11 is 0. The Balaban J connectivity index is 1.97. The molecule has 0 radical (unpaired) electrons. The lowest BCUT2D eigenvalue weighted by molar-refractivity contribution is -0.314. The summed E-state index contributed by atoms with van der Waals surface area (Å²) in [6.45, 7) is 14.6. The topological polar surface area (TPSA) is 207 Å². The Morgan fingerprint density at radius 1 is 1.08 bits per heavy atom. The van der Waals surface area contributed by atoms with Crippen LogP contribution in [-0.4, -0.2) is 101 Å². The lowest BCUT2D eigenvalue weighted by atomic mass is 9.77. The number of carbonyl (C=O) groups is 4. The molecule has 12 atom stereocenters. The van der Waals surface area contributed by atoms with Crippen molar-refractivity contribution in [2.75, 3.05) is 14.2 Å². The molecule has 0 aromatic carbocycles. The molecular formula is C47H67NO13.